The molecule has 2 amide bonds. The Balaban J connectivity index is 1.21. The van der Waals surface area contributed by atoms with Crippen molar-refractivity contribution in [3.63, 3.8) is 0 Å². The Morgan fingerprint density at radius 3 is 2.48 bits per heavy atom. The maximum Gasteiger partial charge on any atom is 0.261 e. The summed E-state index contributed by atoms with van der Waals surface area (Å²) in [6.45, 7) is 2.11. The summed E-state index contributed by atoms with van der Waals surface area (Å²) >= 11 is 3.09. The summed E-state index contributed by atoms with van der Waals surface area (Å²) in [4.78, 5) is 33.3. The summed E-state index contributed by atoms with van der Waals surface area (Å²) in [5, 5.41) is 3.90. The van der Waals surface area contributed by atoms with Crippen LogP contribution in [0.1, 0.15) is 38.4 Å². The van der Waals surface area contributed by atoms with Gasteiger partial charge in [-0.15, -0.1) is 22.7 Å². The second-order valence-corrected chi connectivity index (χ2v) is 9.64. The van der Waals surface area contributed by atoms with E-state index in [1.54, 1.807) is 11.3 Å². The van der Waals surface area contributed by atoms with Gasteiger partial charge in [-0.25, -0.2) is 4.98 Å². The first-order valence-electron chi connectivity index (χ1n) is 10.3. The van der Waals surface area contributed by atoms with Gasteiger partial charge >= 0.3 is 0 Å². The largest absolute Gasteiger partial charge is 0.347 e. The minimum Gasteiger partial charge on any atom is -0.347 e. The molecule has 4 aromatic rings. The molecule has 31 heavy (non-hydrogen) atoms. The van der Waals surface area contributed by atoms with Crippen LogP contribution in [0, 0.1) is 0 Å². The van der Waals surface area contributed by atoms with E-state index in [2.05, 4.69) is 16.4 Å². The number of nitrogens with one attached hydrogen (secondary N) is 1. The van der Waals surface area contributed by atoms with Crippen molar-refractivity contribution in [2.45, 2.75) is 19.4 Å². The van der Waals surface area contributed by atoms with Gasteiger partial charge in [0.25, 0.3) is 11.8 Å². The molecular weight excluding hydrogens is 426 g/mol. The number of aromatic nitrogens is 1. The normalized spacial score (nSPS) is 13.6. The fraction of sp³-hybridized carbons (Fsp3) is 0.208. The molecular formula is C24H21N3O2S2. The SMILES string of the molecule is O=C(NCc1ccc(C(=O)N2CCCC2)cc1)c1ccc(-c2nc3ccccc3s2)s1. The van der Waals surface area contributed by atoms with Crippen molar-refractivity contribution in [3.05, 3.63) is 76.7 Å². The highest BCUT2D eigenvalue weighted by molar-refractivity contribution is 7.26. The summed E-state index contributed by atoms with van der Waals surface area (Å²) < 4.78 is 1.14. The van der Waals surface area contributed by atoms with E-state index in [-0.39, 0.29) is 11.8 Å². The zero-order valence-corrected chi connectivity index (χ0v) is 18.5. The molecule has 5 rings (SSSR count). The Bertz CT molecular complexity index is 1200. The van der Waals surface area contributed by atoms with E-state index in [0.717, 1.165) is 51.6 Å². The van der Waals surface area contributed by atoms with E-state index in [1.165, 1.54) is 11.3 Å². The van der Waals surface area contributed by atoms with Crippen LogP contribution in [0.25, 0.3) is 20.1 Å². The van der Waals surface area contributed by atoms with E-state index < -0.39 is 0 Å². The molecule has 0 atom stereocenters. The lowest BCUT2D eigenvalue weighted by atomic mass is 10.1. The zero-order chi connectivity index (χ0) is 21.2. The average molecular weight is 448 g/mol. The predicted octanol–water partition coefficient (Wildman–Crippen LogP) is 5.19. The Kier molecular flexibility index (Phi) is 5.53. The molecule has 1 saturated heterocycles. The van der Waals surface area contributed by atoms with Crippen molar-refractivity contribution < 1.29 is 9.59 Å². The number of fused-ring (bicyclic) bond motifs is 1. The van der Waals surface area contributed by atoms with Crippen LogP contribution in [0.5, 0.6) is 0 Å². The lowest BCUT2D eigenvalue weighted by Gasteiger charge is -2.15. The fourth-order valence-electron chi connectivity index (χ4n) is 3.69. The molecule has 1 N–H and O–H groups in total. The van der Waals surface area contributed by atoms with Crippen molar-refractivity contribution >= 4 is 44.7 Å². The molecule has 3 heterocycles. The first kappa shape index (κ1) is 19.9. The van der Waals surface area contributed by atoms with Crippen LogP contribution in [0.2, 0.25) is 0 Å². The quantitative estimate of drug-likeness (QED) is 0.458. The summed E-state index contributed by atoms with van der Waals surface area (Å²) in [6, 6.07) is 19.4. The highest BCUT2D eigenvalue weighted by atomic mass is 32.1. The van der Waals surface area contributed by atoms with Crippen molar-refractivity contribution in [1.82, 2.24) is 15.2 Å². The van der Waals surface area contributed by atoms with Crippen molar-refractivity contribution in [2.24, 2.45) is 0 Å². The van der Waals surface area contributed by atoms with E-state index in [0.29, 0.717) is 17.0 Å². The average Bonchev–Trinajstić information content (AvgIpc) is 3.57. The molecule has 7 heteroatoms. The number of rotatable bonds is 5. The molecule has 2 aromatic carbocycles. The van der Waals surface area contributed by atoms with E-state index >= 15 is 0 Å². The number of carbonyl (C=O) groups excluding carboxylic acids is 2. The van der Waals surface area contributed by atoms with Crippen LogP contribution in [0.4, 0.5) is 0 Å². The third kappa shape index (κ3) is 4.24. The highest BCUT2D eigenvalue weighted by Crippen LogP contribution is 2.34. The van der Waals surface area contributed by atoms with E-state index in [1.807, 2.05) is 59.5 Å². The maximum atomic E-state index is 12.6. The smallest absolute Gasteiger partial charge is 0.261 e. The van der Waals surface area contributed by atoms with Crippen molar-refractivity contribution in [1.29, 1.82) is 0 Å². The summed E-state index contributed by atoms with van der Waals surface area (Å²) in [5.74, 6) is -0.0105. The van der Waals surface area contributed by atoms with Crippen molar-refractivity contribution in [3.8, 4) is 9.88 Å². The number of benzene rings is 2. The first-order valence-corrected chi connectivity index (χ1v) is 11.9. The minimum atomic E-state index is -0.102. The summed E-state index contributed by atoms with van der Waals surface area (Å²) in [6.07, 6.45) is 2.17. The van der Waals surface area contributed by atoms with Gasteiger partial charge in [0, 0.05) is 25.2 Å². The monoisotopic (exact) mass is 447 g/mol. The Morgan fingerprint density at radius 1 is 0.935 bits per heavy atom. The maximum absolute atomic E-state index is 12.6. The number of hydrogen-bond acceptors (Lipinski definition) is 5. The van der Waals surface area contributed by atoms with Crippen LogP contribution in [0.15, 0.2) is 60.7 Å². The molecule has 5 nitrogen and oxygen atoms in total. The van der Waals surface area contributed by atoms with Crippen LogP contribution in [0.3, 0.4) is 0 Å². The highest BCUT2D eigenvalue weighted by Gasteiger charge is 2.19. The molecule has 1 aliphatic rings. The number of para-hydroxylation sites is 1. The predicted molar refractivity (Wildman–Crippen MR) is 126 cm³/mol. The topological polar surface area (TPSA) is 62.3 Å². The zero-order valence-electron chi connectivity index (χ0n) is 16.8. The number of thiazole rings is 1. The Morgan fingerprint density at radius 2 is 1.71 bits per heavy atom. The molecule has 0 saturated carbocycles. The van der Waals surface area contributed by atoms with Crippen LogP contribution < -0.4 is 5.32 Å². The summed E-state index contributed by atoms with van der Waals surface area (Å²) in [5.41, 5.74) is 2.65. The van der Waals surface area contributed by atoms with Gasteiger partial charge in [0.05, 0.1) is 20.0 Å². The number of likely N-dealkylation sites (tertiary alicyclic amines) is 1. The Labute approximate surface area is 188 Å². The van der Waals surface area contributed by atoms with E-state index in [4.69, 9.17) is 0 Å². The second kappa shape index (κ2) is 8.61. The van der Waals surface area contributed by atoms with Crippen LogP contribution in [-0.4, -0.2) is 34.8 Å². The molecule has 2 aromatic heterocycles. The second-order valence-electron chi connectivity index (χ2n) is 7.53. The molecule has 0 spiro atoms. The van der Waals surface area contributed by atoms with Gasteiger partial charge in [0.15, 0.2) is 0 Å². The molecule has 1 aliphatic heterocycles. The van der Waals surface area contributed by atoms with E-state index in [9.17, 15) is 9.59 Å². The van der Waals surface area contributed by atoms with Gasteiger partial charge in [-0.2, -0.15) is 0 Å². The van der Waals surface area contributed by atoms with Gasteiger partial charge in [0.1, 0.15) is 5.01 Å². The van der Waals surface area contributed by atoms with Gasteiger partial charge in [0.2, 0.25) is 0 Å². The van der Waals surface area contributed by atoms with Gasteiger partial charge in [-0.1, -0.05) is 24.3 Å². The number of nitrogens with zero attached hydrogens (tertiary/aromatic N) is 2. The van der Waals surface area contributed by atoms with Gasteiger partial charge in [-0.05, 0) is 54.8 Å². The summed E-state index contributed by atoms with van der Waals surface area (Å²) in [7, 11) is 0. The van der Waals surface area contributed by atoms with Gasteiger partial charge < -0.3 is 10.2 Å². The fourth-order valence-corrected chi connectivity index (χ4v) is 5.63. The lowest BCUT2D eigenvalue weighted by molar-refractivity contribution is 0.0792. The molecule has 1 fully saturated rings. The molecule has 0 aliphatic carbocycles. The number of carbonyl (C=O) groups is 2. The number of thiophene rings is 1. The molecule has 0 unspecified atom stereocenters. The molecule has 0 radical (unpaired) electrons. The van der Waals surface area contributed by atoms with Crippen molar-refractivity contribution in [2.75, 3.05) is 13.1 Å². The van der Waals surface area contributed by atoms with Crippen LogP contribution in [-0.2, 0) is 6.54 Å². The van der Waals surface area contributed by atoms with Gasteiger partial charge in [-0.3, -0.25) is 9.59 Å². The Hall–Kier alpha value is -3.03. The third-order valence-corrected chi connectivity index (χ3v) is 7.67. The number of hydrogen-bond donors (Lipinski definition) is 1. The first-order chi connectivity index (χ1) is 15.2. The third-order valence-electron chi connectivity index (χ3n) is 5.38. The standard InChI is InChI=1S/C24H21N3O2S2/c28-22(20-11-12-21(30-20)23-26-18-5-1-2-6-19(18)31-23)25-15-16-7-9-17(10-8-16)24(29)27-13-3-4-14-27/h1-2,5-12H,3-4,13-15H2,(H,25,28). The lowest BCUT2D eigenvalue weighted by Crippen LogP contribution is -2.27. The molecule has 0 bridgehead atoms. The van der Waals surface area contributed by atoms with Crippen LogP contribution >= 0.6 is 22.7 Å². The molecule has 156 valence electrons. The number of amides is 2. The minimum absolute atomic E-state index is 0.0917.